The Morgan fingerprint density at radius 3 is 2.45 bits per heavy atom. The van der Waals surface area contributed by atoms with E-state index in [2.05, 4.69) is 0 Å². The number of benzene rings is 1. The summed E-state index contributed by atoms with van der Waals surface area (Å²) in [6.45, 7) is 5.84. The lowest BCUT2D eigenvalue weighted by atomic mass is 10.2. The molecule has 0 bridgehead atoms. The number of hydrogen-bond donors (Lipinski definition) is 0. The number of aromatic nitrogens is 4. The molecule has 0 aliphatic carbocycles. The van der Waals surface area contributed by atoms with Gasteiger partial charge in [-0.1, -0.05) is 48.2 Å². The highest BCUT2D eigenvalue weighted by atomic mass is 32.2. The Bertz CT molecular complexity index is 1830. The molecule has 2 aliphatic rings. The monoisotopic (exact) mass is 574 g/mol. The first kappa shape index (κ1) is 26.2. The summed E-state index contributed by atoms with van der Waals surface area (Å²) < 4.78 is 10.4. The summed E-state index contributed by atoms with van der Waals surface area (Å²) in [5, 5.41) is 0. The van der Waals surface area contributed by atoms with E-state index in [9.17, 15) is 14.4 Å². The average molecular weight is 575 g/mol. The number of morpholine rings is 1. The summed E-state index contributed by atoms with van der Waals surface area (Å²) >= 11 is 6.67. The quantitative estimate of drug-likeness (QED) is 0.271. The van der Waals surface area contributed by atoms with Crippen molar-refractivity contribution in [3.63, 3.8) is 0 Å². The minimum Gasteiger partial charge on any atom is -0.378 e. The van der Waals surface area contributed by atoms with E-state index in [1.54, 1.807) is 37.0 Å². The Hall–Kier alpha value is -4.00. The van der Waals surface area contributed by atoms with Gasteiger partial charge in [-0.05, 0) is 43.7 Å². The first-order chi connectivity index (χ1) is 19.3. The van der Waals surface area contributed by atoms with Crippen LogP contribution in [0.4, 0.5) is 11.5 Å². The molecule has 2 fully saturated rings. The van der Waals surface area contributed by atoms with Gasteiger partial charge in [-0.3, -0.25) is 28.4 Å². The lowest BCUT2D eigenvalue weighted by molar-refractivity contribution is -0.113. The molecule has 0 atom stereocenters. The molecule has 12 heteroatoms. The number of nitrogens with zero attached hydrogens (tertiary/aromatic N) is 6. The molecule has 0 radical (unpaired) electrons. The van der Waals surface area contributed by atoms with Crippen LogP contribution in [0, 0.1) is 13.8 Å². The van der Waals surface area contributed by atoms with Gasteiger partial charge in [-0.15, -0.1) is 0 Å². The molecule has 0 saturated carbocycles. The van der Waals surface area contributed by atoms with Crippen molar-refractivity contribution in [3.8, 4) is 5.69 Å². The number of amides is 1. The van der Waals surface area contributed by atoms with Crippen molar-refractivity contribution in [2.75, 3.05) is 36.1 Å². The molecule has 1 amide bonds. The van der Waals surface area contributed by atoms with Crippen LogP contribution < -0.4 is 20.9 Å². The molecular weight excluding hydrogens is 548 g/mol. The van der Waals surface area contributed by atoms with Crippen molar-refractivity contribution in [2.45, 2.75) is 13.8 Å². The number of carbonyl (C=O) groups is 1. The highest BCUT2D eigenvalue weighted by molar-refractivity contribution is 8.27. The van der Waals surface area contributed by atoms with Gasteiger partial charge in [0.1, 0.15) is 17.2 Å². The van der Waals surface area contributed by atoms with E-state index in [0.29, 0.717) is 49.1 Å². The number of rotatable bonds is 4. The second-order valence-corrected chi connectivity index (χ2v) is 11.2. The third kappa shape index (κ3) is 4.19. The van der Waals surface area contributed by atoms with E-state index >= 15 is 0 Å². The Balaban J connectivity index is 1.48. The van der Waals surface area contributed by atoms with Crippen LogP contribution in [0.5, 0.6) is 0 Å². The van der Waals surface area contributed by atoms with Gasteiger partial charge in [-0.2, -0.15) is 0 Å². The zero-order chi connectivity index (χ0) is 28.1. The molecule has 10 nitrogen and oxygen atoms in total. The molecule has 6 rings (SSSR count). The molecule has 0 spiro atoms. The summed E-state index contributed by atoms with van der Waals surface area (Å²) in [6, 6.07) is 12.9. The average Bonchev–Trinajstić information content (AvgIpc) is 3.35. The highest BCUT2D eigenvalue weighted by Gasteiger charge is 2.38. The number of ether oxygens (including phenoxy) is 1. The summed E-state index contributed by atoms with van der Waals surface area (Å²) in [5.74, 6) is 0.0397. The fraction of sp³-hybridized carbons (Fsp3) is 0.250. The molecule has 2 saturated heterocycles. The predicted octanol–water partition coefficient (Wildman–Crippen LogP) is 3.04. The van der Waals surface area contributed by atoms with Crippen molar-refractivity contribution < 1.29 is 9.53 Å². The number of fused-ring (bicyclic) bond motifs is 1. The lowest BCUT2D eigenvalue weighted by Crippen LogP contribution is -2.38. The van der Waals surface area contributed by atoms with E-state index in [1.807, 2.05) is 48.2 Å². The highest BCUT2D eigenvalue weighted by Crippen LogP contribution is 2.37. The molecule has 204 valence electrons. The zero-order valence-corrected chi connectivity index (χ0v) is 23.8. The fourth-order valence-corrected chi connectivity index (χ4v) is 6.30. The van der Waals surface area contributed by atoms with Gasteiger partial charge in [0.25, 0.3) is 17.0 Å². The molecule has 1 aromatic carbocycles. The van der Waals surface area contributed by atoms with Crippen molar-refractivity contribution in [1.82, 2.24) is 18.7 Å². The smallest absolute Gasteiger partial charge is 0.296 e. The molecule has 0 N–H and O–H groups in total. The first-order valence-corrected chi connectivity index (χ1v) is 14.0. The van der Waals surface area contributed by atoms with Crippen LogP contribution in [0.1, 0.15) is 16.8 Å². The molecule has 3 aromatic heterocycles. The number of anilines is 2. The molecule has 40 heavy (non-hydrogen) atoms. The zero-order valence-electron chi connectivity index (χ0n) is 22.2. The van der Waals surface area contributed by atoms with Gasteiger partial charge in [-0.25, -0.2) is 9.67 Å². The topological polar surface area (TPSA) is 94.1 Å². The van der Waals surface area contributed by atoms with Crippen molar-refractivity contribution in [1.29, 1.82) is 0 Å². The van der Waals surface area contributed by atoms with E-state index < -0.39 is 5.91 Å². The normalized spacial score (nSPS) is 17.0. The van der Waals surface area contributed by atoms with E-state index in [0.717, 1.165) is 17.3 Å². The number of aryl methyl sites for hydroxylation is 1. The van der Waals surface area contributed by atoms with Gasteiger partial charge in [0.15, 0.2) is 4.32 Å². The van der Waals surface area contributed by atoms with Crippen LogP contribution in [-0.2, 0) is 16.6 Å². The second kappa shape index (κ2) is 10.2. The molecule has 5 heterocycles. The minimum absolute atomic E-state index is 0.189. The number of thiocarbonyl (C=S) groups is 1. The van der Waals surface area contributed by atoms with Gasteiger partial charge >= 0.3 is 0 Å². The first-order valence-electron chi connectivity index (χ1n) is 12.7. The standard InChI is InChI=1S/C28H26N6O4S2/c1-17-8-7-11-32-23(17)29-24(31-12-14-38-15-13-31)20(25(32)35)16-21-26(36)33(28(39)40-21)22-18(2)30(3)34(27(22)37)19-9-5-4-6-10-19/h4-11,16H,12-15H2,1-3H3/b21-16+. The predicted molar refractivity (Wildman–Crippen MR) is 161 cm³/mol. The maximum absolute atomic E-state index is 13.8. The Morgan fingerprint density at radius 2 is 1.73 bits per heavy atom. The summed E-state index contributed by atoms with van der Waals surface area (Å²) in [7, 11) is 1.76. The van der Waals surface area contributed by atoms with Crippen molar-refractivity contribution >= 4 is 57.4 Å². The van der Waals surface area contributed by atoms with Crippen LogP contribution in [0.25, 0.3) is 17.4 Å². The molecular formula is C28H26N6O4S2. The van der Waals surface area contributed by atoms with Gasteiger partial charge in [0, 0.05) is 26.3 Å². The fourth-order valence-electron chi connectivity index (χ4n) is 5.05. The van der Waals surface area contributed by atoms with Gasteiger partial charge < -0.3 is 9.64 Å². The third-order valence-corrected chi connectivity index (χ3v) is 8.49. The van der Waals surface area contributed by atoms with Gasteiger partial charge in [0.2, 0.25) is 0 Å². The summed E-state index contributed by atoms with van der Waals surface area (Å²) in [5.41, 5.74) is 2.51. The molecule has 4 aromatic rings. The maximum atomic E-state index is 13.8. The summed E-state index contributed by atoms with van der Waals surface area (Å²) in [6.07, 6.45) is 3.23. The maximum Gasteiger partial charge on any atom is 0.296 e. The summed E-state index contributed by atoms with van der Waals surface area (Å²) in [4.78, 5) is 49.6. The van der Waals surface area contributed by atoms with Crippen molar-refractivity contribution in [2.24, 2.45) is 7.05 Å². The minimum atomic E-state index is -0.456. The number of pyridine rings is 1. The third-order valence-electron chi connectivity index (χ3n) is 7.19. The number of para-hydroxylation sites is 1. The molecule has 0 unspecified atom stereocenters. The van der Waals surface area contributed by atoms with Crippen LogP contribution in [0.15, 0.2) is 63.2 Å². The SMILES string of the molecule is Cc1cccn2c(=O)c(/C=C3/SC(=S)N(c4c(C)n(C)n(-c5ccccc5)c4=O)C3=O)c(N3CCOCC3)nc12. The van der Waals surface area contributed by atoms with Crippen LogP contribution in [-0.4, -0.2) is 55.3 Å². The largest absolute Gasteiger partial charge is 0.378 e. The number of thioether (sulfide) groups is 1. The second-order valence-electron chi connectivity index (χ2n) is 9.57. The van der Waals surface area contributed by atoms with Crippen LogP contribution >= 0.6 is 24.0 Å². The van der Waals surface area contributed by atoms with Crippen LogP contribution in [0.3, 0.4) is 0 Å². The number of carbonyl (C=O) groups excluding carboxylic acids is 1. The van der Waals surface area contributed by atoms with Gasteiger partial charge in [0.05, 0.1) is 35.1 Å². The Labute approximate surface area is 239 Å². The van der Waals surface area contributed by atoms with E-state index in [1.165, 1.54) is 14.0 Å². The van der Waals surface area contributed by atoms with E-state index in [4.69, 9.17) is 21.9 Å². The number of hydrogen-bond acceptors (Lipinski definition) is 8. The Morgan fingerprint density at radius 1 is 1.00 bits per heavy atom. The van der Waals surface area contributed by atoms with Crippen molar-refractivity contribution in [3.05, 3.63) is 91.1 Å². The van der Waals surface area contributed by atoms with E-state index in [-0.39, 0.29) is 31.6 Å². The van der Waals surface area contributed by atoms with Crippen LogP contribution in [0.2, 0.25) is 0 Å². The molecule has 2 aliphatic heterocycles. The Kier molecular flexibility index (Phi) is 6.69. The lowest BCUT2D eigenvalue weighted by Gasteiger charge is -2.29.